The van der Waals surface area contributed by atoms with E-state index in [1.807, 2.05) is 0 Å². The van der Waals surface area contributed by atoms with Crippen LogP contribution in [-0.4, -0.2) is 17.0 Å². The van der Waals surface area contributed by atoms with Crippen molar-refractivity contribution in [2.45, 2.75) is 33.1 Å². The Bertz CT molecular complexity index is 444. The van der Waals surface area contributed by atoms with Crippen LogP contribution in [0.15, 0.2) is 24.3 Å². The maximum Gasteiger partial charge on any atom is 0.417 e. The lowest BCUT2D eigenvalue weighted by atomic mass is 9.83. The Morgan fingerprint density at radius 1 is 1.17 bits per heavy atom. The third-order valence-electron chi connectivity index (χ3n) is 2.57. The van der Waals surface area contributed by atoms with Gasteiger partial charge >= 0.3 is 6.18 Å². The number of carbonyl (C=O) groups is 1. The van der Waals surface area contributed by atoms with Crippen LogP contribution in [0, 0.1) is 5.41 Å². The number of ketones is 1. The monoisotopic (exact) mass is 260 g/mol. The van der Waals surface area contributed by atoms with Crippen molar-refractivity contribution >= 4 is 5.78 Å². The third kappa shape index (κ3) is 3.10. The van der Waals surface area contributed by atoms with Crippen molar-refractivity contribution in [1.82, 2.24) is 0 Å². The van der Waals surface area contributed by atoms with Crippen LogP contribution in [0.3, 0.4) is 0 Å². The molecule has 5 heteroatoms. The second kappa shape index (κ2) is 4.72. The molecule has 0 radical (unpaired) electrons. The Morgan fingerprint density at radius 2 is 1.67 bits per heavy atom. The van der Waals surface area contributed by atoms with E-state index in [9.17, 15) is 23.1 Å². The van der Waals surface area contributed by atoms with Gasteiger partial charge in [0.2, 0.25) is 0 Å². The number of aliphatic hydroxyl groups is 1. The van der Waals surface area contributed by atoms with Crippen LogP contribution in [-0.2, 0) is 6.18 Å². The SMILES string of the molecule is CC(C)(C)C(O)C(=O)c1ccccc1C(F)(F)F. The predicted octanol–water partition coefficient (Wildman–Crippen LogP) is 3.30. The zero-order chi connectivity index (χ0) is 14.1. The molecule has 18 heavy (non-hydrogen) atoms. The van der Waals surface area contributed by atoms with Crippen LogP contribution in [0.2, 0.25) is 0 Å². The van der Waals surface area contributed by atoms with E-state index in [-0.39, 0.29) is 0 Å². The fourth-order valence-electron chi connectivity index (χ4n) is 1.49. The Kier molecular flexibility index (Phi) is 3.86. The minimum Gasteiger partial charge on any atom is -0.384 e. The predicted molar refractivity (Wildman–Crippen MR) is 61.2 cm³/mol. The molecular weight excluding hydrogens is 245 g/mol. The molecule has 0 fully saturated rings. The standard InChI is InChI=1S/C13H15F3O2/c1-12(2,3)11(18)10(17)8-6-4-5-7-9(8)13(14,15)16/h4-7,11,18H,1-3H3. The van der Waals surface area contributed by atoms with Crippen molar-refractivity contribution in [2.75, 3.05) is 0 Å². The first-order chi connectivity index (χ1) is 8.05. The summed E-state index contributed by atoms with van der Waals surface area (Å²) in [5.74, 6) is -0.907. The van der Waals surface area contributed by atoms with E-state index in [0.29, 0.717) is 0 Å². The van der Waals surface area contributed by atoms with Crippen LogP contribution in [0.4, 0.5) is 13.2 Å². The zero-order valence-corrected chi connectivity index (χ0v) is 10.4. The van der Waals surface area contributed by atoms with Crippen LogP contribution >= 0.6 is 0 Å². The molecule has 1 atom stereocenters. The van der Waals surface area contributed by atoms with Gasteiger partial charge in [-0.05, 0) is 11.5 Å². The van der Waals surface area contributed by atoms with Crippen molar-refractivity contribution in [3.63, 3.8) is 0 Å². The topological polar surface area (TPSA) is 37.3 Å². The van der Waals surface area contributed by atoms with E-state index >= 15 is 0 Å². The molecular formula is C13H15F3O2. The molecule has 0 saturated carbocycles. The summed E-state index contributed by atoms with van der Waals surface area (Å²) in [6.07, 6.45) is -6.08. The molecule has 1 N–H and O–H groups in total. The minimum atomic E-state index is -4.61. The van der Waals surface area contributed by atoms with Gasteiger partial charge in [-0.2, -0.15) is 13.2 Å². The van der Waals surface area contributed by atoms with Gasteiger partial charge in [-0.3, -0.25) is 4.79 Å². The Labute approximate surface area is 103 Å². The maximum atomic E-state index is 12.7. The Balaban J connectivity index is 3.23. The smallest absolute Gasteiger partial charge is 0.384 e. The molecule has 1 aromatic carbocycles. The van der Waals surface area contributed by atoms with Crippen molar-refractivity contribution in [2.24, 2.45) is 5.41 Å². The quantitative estimate of drug-likeness (QED) is 0.828. The molecule has 100 valence electrons. The van der Waals surface area contributed by atoms with Crippen molar-refractivity contribution in [1.29, 1.82) is 0 Å². The lowest BCUT2D eigenvalue weighted by Crippen LogP contribution is -2.35. The summed E-state index contributed by atoms with van der Waals surface area (Å²) in [5, 5.41) is 9.78. The molecule has 0 aliphatic rings. The molecule has 0 aliphatic carbocycles. The summed E-state index contributed by atoms with van der Waals surface area (Å²) >= 11 is 0. The molecule has 2 nitrogen and oxygen atoms in total. The largest absolute Gasteiger partial charge is 0.417 e. The number of Topliss-reactive ketones (excluding diaryl/α,β-unsaturated/α-hetero) is 1. The van der Waals surface area contributed by atoms with E-state index in [4.69, 9.17) is 0 Å². The minimum absolute atomic E-state index is 0.493. The lowest BCUT2D eigenvalue weighted by Gasteiger charge is -2.25. The molecule has 0 spiro atoms. The number of carbonyl (C=O) groups excluding carboxylic acids is 1. The van der Waals surface area contributed by atoms with Crippen LogP contribution < -0.4 is 0 Å². The van der Waals surface area contributed by atoms with Gasteiger partial charge in [0, 0.05) is 5.56 Å². The van der Waals surface area contributed by atoms with Gasteiger partial charge in [-0.25, -0.2) is 0 Å². The molecule has 1 aromatic rings. The molecule has 1 rings (SSSR count). The number of benzene rings is 1. The fourth-order valence-corrected chi connectivity index (χ4v) is 1.49. The average molecular weight is 260 g/mol. The summed E-state index contributed by atoms with van der Waals surface area (Å²) in [6.45, 7) is 4.77. The Morgan fingerprint density at radius 3 is 2.11 bits per heavy atom. The second-order valence-electron chi connectivity index (χ2n) is 5.18. The molecule has 0 aliphatic heterocycles. The van der Waals surface area contributed by atoms with Crippen molar-refractivity contribution in [3.05, 3.63) is 35.4 Å². The van der Waals surface area contributed by atoms with E-state index in [1.165, 1.54) is 12.1 Å². The van der Waals surface area contributed by atoms with Gasteiger partial charge in [-0.15, -0.1) is 0 Å². The van der Waals surface area contributed by atoms with E-state index < -0.39 is 34.6 Å². The Hall–Kier alpha value is -1.36. The maximum absolute atomic E-state index is 12.7. The summed E-state index contributed by atoms with van der Waals surface area (Å²) in [6, 6.07) is 4.48. The molecule has 0 aromatic heterocycles. The molecule has 0 heterocycles. The highest BCUT2D eigenvalue weighted by Crippen LogP contribution is 2.33. The van der Waals surface area contributed by atoms with Crippen LogP contribution in [0.5, 0.6) is 0 Å². The van der Waals surface area contributed by atoms with Gasteiger partial charge in [0.05, 0.1) is 5.56 Å². The van der Waals surface area contributed by atoms with Gasteiger partial charge in [-0.1, -0.05) is 39.0 Å². The molecule has 0 saturated heterocycles. The number of aliphatic hydroxyl groups excluding tert-OH is 1. The normalized spacial score (nSPS) is 14.4. The molecule has 0 bridgehead atoms. The molecule has 0 amide bonds. The first-order valence-corrected chi connectivity index (χ1v) is 5.43. The van der Waals surface area contributed by atoms with Gasteiger partial charge < -0.3 is 5.11 Å². The van der Waals surface area contributed by atoms with Crippen LogP contribution in [0.25, 0.3) is 0 Å². The summed E-state index contributed by atoms with van der Waals surface area (Å²) in [7, 11) is 0. The van der Waals surface area contributed by atoms with Gasteiger partial charge in [0.25, 0.3) is 0 Å². The summed E-state index contributed by atoms with van der Waals surface area (Å²) < 4.78 is 38.2. The number of rotatable bonds is 2. The fraction of sp³-hybridized carbons (Fsp3) is 0.462. The summed E-state index contributed by atoms with van der Waals surface area (Å²) in [5.41, 5.74) is -2.32. The molecule has 1 unspecified atom stereocenters. The van der Waals surface area contributed by atoms with Crippen molar-refractivity contribution in [3.8, 4) is 0 Å². The zero-order valence-electron chi connectivity index (χ0n) is 10.4. The van der Waals surface area contributed by atoms with Crippen molar-refractivity contribution < 1.29 is 23.1 Å². The highest BCUT2D eigenvalue weighted by molar-refractivity contribution is 6.01. The van der Waals surface area contributed by atoms with E-state index in [0.717, 1.165) is 12.1 Å². The highest BCUT2D eigenvalue weighted by Gasteiger charge is 2.38. The van der Waals surface area contributed by atoms with Gasteiger partial charge in [0.1, 0.15) is 6.10 Å². The number of halogens is 3. The first-order valence-electron chi connectivity index (χ1n) is 5.43. The van der Waals surface area contributed by atoms with Gasteiger partial charge in [0.15, 0.2) is 5.78 Å². The van der Waals surface area contributed by atoms with E-state index in [1.54, 1.807) is 20.8 Å². The summed E-state index contributed by atoms with van der Waals surface area (Å²) in [4.78, 5) is 11.9. The average Bonchev–Trinajstić information content (AvgIpc) is 2.24. The second-order valence-corrected chi connectivity index (χ2v) is 5.18. The highest BCUT2D eigenvalue weighted by atomic mass is 19.4. The number of hydrogen-bond acceptors (Lipinski definition) is 2. The van der Waals surface area contributed by atoms with Crippen LogP contribution in [0.1, 0.15) is 36.7 Å². The lowest BCUT2D eigenvalue weighted by molar-refractivity contribution is -0.138. The number of hydrogen-bond donors (Lipinski definition) is 1. The first kappa shape index (κ1) is 14.7. The third-order valence-corrected chi connectivity index (χ3v) is 2.57. The number of alkyl halides is 3. The van der Waals surface area contributed by atoms with E-state index in [2.05, 4.69) is 0 Å².